The van der Waals surface area contributed by atoms with E-state index in [1.54, 1.807) is 6.92 Å². The van der Waals surface area contributed by atoms with Crippen molar-refractivity contribution in [3.8, 4) is 5.75 Å². The van der Waals surface area contributed by atoms with Crippen LogP contribution in [0.15, 0.2) is 53.0 Å². The first kappa shape index (κ1) is 22.3. The van der Waals surface area contributed by atoms with Crippen molar-refractivity contribution in [1.82, 2.24) is 10.2 Å². The van der Waals surface area contributed by atoms with Gasteiger partial charge in [-0.2, -0.15) is 0 Å². The summed E-state index contributed by atoms with van der Waals surface area (Å²) >= 11 is 3.44. The molecule has 1 unspecified atom stereocenters. The van der Waals surface area contributed by atoms with Crippen LogP contribution in [0.2, 0.25) is 0 Å². The molecule has 1 aliphatic carbocycles. The first-order valence-corrected chi connectivity index (χ1v) is 10.9. The highest BCUT2D eigenvalue weighted by molar-refractivity contribution is 9.10. The van der Waals surface area contributed by atoms with Crippen LogP contribution in [0.5, 0.6) is 5.75 Å². The van der Waals surface area contributed by atoms with Gasteiger partial charge in [-0.05, 0) is 61.7 Å². The molecular formula is C23H26BrFN2O3. The van der Waals surface area contributed by atoms with Gasteiger partial charge in [0, 0.05) is 17.1 Å². The molecule has 1 fully saturated rings. The van der Waals surface area contributed by atoms with Crippen LogP contribution in [0, 0.1) is 5.82 Å². The number of amides is 2. The van der Waals surface area contributed by atoms with E-state index < -0.39 is 6.04 Å². The van der Waals surface area contributed by atoms with Crippen LogP contribution in [0.25, 0.3) is 0 Å². The van der Waals surface area contributed by atoms with Crippen molar-refractivity contribution in [2.75, 3.05) is 6.61 Å². The number of benzene rings is 2. The molecule has 0 radical (unpaired) electrons. The van der Waals surface area contributed by atoms with Crippen molar-refractivity contribution in [3.63, 3.8) is 0 Å². The lowest BCUT2D eigenvalue weighted by molar-refractivity contribution is -0.142. The molecule has 0 heterocycles. The predicted octanol–water partition coefficient (Wildman–Crippen LogP) is 4.44. The maximum absolute atomic E-state index is 13.1. The van der Waals surface area contributed by atoms with Crippen LogP contribution >= 0.6 is 15.9 Å². The second-order valence-corrected chi connectivity index (χ2v) is 8.48. The summed E-state index contributed by atoms with van der Waals surface area (Å²) in [6.45, 7) is 1.78. The van der Waals surface area contributed by atoms with Gasteiger partial charge in [-0.3, -0.25) is 9.59 Å². The second kappa shape index (κ2) is 10.6. The molecule has 7 heteroatoms. The lowest BCUT2D eigenvalue weighted by atomic mass is 10.1. The number of nitrogens with one attached hydrogen (secondary N) is 1. The Labute approximate surface area is 184 Å². The van der Waals surface area contributed by atoms with Crippen LogP contribution < -0.4 is 10.1 Å². The summed E-state index contributed by atoms with van der Waals surface area (Å²) in [6, 6.07) is 12.6. The highest BCUT2D eigenvalue weighted by Crippen LogP contribution is 2.19. The molecule has 0 saturated heterocycles. The van der Waals surface area contributed by atoms with Gasteiger partial charge in [0.1, 0.15) is 17.6 Å². The van der Waals surface area contributed by atoms with Crippen LogP contribution in [-0.4, -0.2) is 35.4 Å². The third-order valence-electron chi connectivity index (χ3n) is 5.29. The first-order chi connectivity index (χ1) is 14.4. The standard InChI is InChI=1S/C23H26BrFN2O3/c1-16(23(29)26-20-7-2-3-8-20)27(14-17-5-4-6-18(24)13-17)22(28)15-30-21-11-9-19(25)10-12-21/h4-6,9-13,16,20H,2-3,7-8,14-15H2,1H3,(H,26,29). The van der Waals surface area contributed by atoms with Gasteiger partial charge >= 0.3 is 0 Å². The minimum Gasteiger partial charge on any atom is -0.484 e. The summed E-state index contributed by atoms with van der Waals surface area (Å²) in [5, 5.41) is 3.07. The van der Waals surface area contributed by atoms with Gasteiger partial charge in [0.15, 0.2) is 6.61 Å². The van der Waals surface area contributed by atoms with Crippen molar-refractivity contribution in [2.45, 2.75) is 51.2 Å². The summed E-state index contributed by atoms with van der Waals surface area (Å²) in [5.74, 6) is -0.446. The average Bonchev–Trinajstić information content (AvgIpc) is 3.24. The largest absolute Gasteiger partial charge is 0.484 e. The zero-order chi connectivity index (χ0) is 21.5. The van der Waals surface area contributed by atoms with Crippen molar-refractivity contribution >= 4 is 27.7 Å². The van der Waals surface area contributed by atoms with Crippen molar-refractivity contribution < 1.29 is 18.7 Å². The number of hydrogen-bond acceptors (Lipinski definition) is 3. The second-order valence-electron chi connectivity index (χ2n) is 7.56. The van der Waals surface area contributed by atoms with E-state index in [0.717, 1.165) is 35.7 Å². The number of carbonyl (C=O) groups is 2. The van der Waals surface area contributed by atoms with E-state index in [1.165, 1.54) is 29.2 Å². The van der Waals surface area contributed by atoms with E-state index in [-0.39, 0.29) is 36.8 Å². The molecule has 1 saturated carbocycles. The maximum Gasteiger partial charge on any atom is 0.261 e. The Hall–Kier alpha value is -2.41. The summed E-state index contributed by atoms with van der Waals surface area (Å²) in [7, 11) is 0. The molecule has 2 aromatic rings. The summed E-state index contributed by atoms with van der Waals surface area (Å²) < 4.78 is 19.5. The monoisotopic (exact) mass is 476 g/mol. The van der Waals surface area contributed by atoms with Crippen LogP contribution in [-0.2, 0) is 16.1 Å². The SMILES string of the molecule is CC(C(=O)NC1CCCC1)N(Cc1cccc(Br)c1)C(=O)COc1ccc(F)cc1. The van der Waals surface area contributed by atoms with Gasteiger partial charge in [-0.1, -0.05) is 40.9 Å². The summed E-state index contributed by atoms with van der Waals surface area (Å²) in [5.41, 5.74) is 0.903. The molecule has 0 spiro atoms. The minimum atomic E-state index is -0.645. The average molecular weight is 477 g/mol. The van der Waals surface area contributed by atoms with Gasteiger partial charge < -0.3 is 15.0 Å². The Balaban J connectivity index is 1.70. The molecule has 5 nitrogen and oxygen atoms in total. The Morgan fingerprint density at radius 3 is 2.57 bits per heavy atom. The summed E-state index contributed by atoms with van der Waals surface area (Å²) in [6.07, 6.45) is 4.19. The predicted molar refractivity (Wildman–Crippen MR) is 116 cm³/mol. The number of halogens is 2. The molecule has 1 aliphatic rings. The molecule has 2 amide bonds. The molecule has 3 rings (SSSR count). The molecule has 2 aromatic carbocycles. The fraction of sp³-hybridized carbons (Fsp3) is 0.391. The Kier molecular flexibility index (Phi) is 7.85. The molecular weight excluding hydrogens is 451 g/mol. The third-order valence-corrected chi connectivity index (χ3v) is 5.78. The van der Waals surface area contributed by atoms with E-state index in [1.807, 2.05) is 24.3 Å². The fourth-order valence-electron chi connectivity index (χ4n) is 3.57. The smallest absolute Gasteiger partial charge is 0.261 e. The van der Waals surface area contributed by atoms with E-state index in [9.17, 15) is 14.0 Å². The van der Waals surface area contributed by atoms with Crippen LogP contribution in [0.4, 0.5) is 4.39 Å². The topological polar surface area (TPSA) is 58.6 Å². The molecule has 1 atom stereocenters. The van der Waals surface area contributed by atoms with E-state index in [2.05, 4.69) is 21.2 Å². The van der Waals surface area contributed by atoms with Gasteiger partial charge in [0.2, 0.25) is 5.91 Å². The Morgan fingerprint density at radius 1 is 1.20 bits per heavy atom. The number of carbonyl (C=O) groups excluding carboxylic acids is 2. The lowest BCUT2D eigenvalue weighted by Gasteiger charge is -2.29. The highest BCUT2D eigenvalue weighted by atomic mass is 79.9. The van der Waals surface area contributed by atoms with E-state index >= 15 is 0 Å². The molecule has 0 aromatic heterocycles. The summed E-state index contributed by atoms with van der Waals surface area (Å²) in [4.78, 5) is 27.3. The zero-order valence-corrected chi connectivity index (χ0v) is 18.5. The maximum atomic E-state index is 13.1. The Morgan fingerprint density at radius 2 is 1.90 bits per heavy atom. The van der Waals surface area contributed by atoms with Crippen molar-refractivity contribution in [1.29, 1.82) is 0 Å². The quantitative estimate of drug-likeness (QED) is 0.612. The molecule has 30 heavy (non-hydrogen) atoms. The first-order valence-electron chi connectivity index (χ1n) is 10.1. The fourth-order valence-corrected chi connectivity index (χ4v) is 4.01. The molecule has 0 aliphatic heterocycles. The van der Waals surface area contributed by atoms with Crippen molar-refractivity contribution in [2.24, 2.45) is 0 Å². The Bertz CT molecular complexity index is 869. The van der Waals surface area contributed by atoms with E-state index in [4.69, 9.17) is 4.74 Å². The van der Waals surface area contributed by atoms with Crippen LogP contribution in [0.3, 0.4) is 0 Å². The number of hydrogen-bond donors (Lipinski definition) is 1. The normalized spacial score (nSPS) is 14.9. The molecule has 0 bridgehead atoms. The van der Waals surface area contributed by atoms with Gasteiger partial charge in [-0.15, -0.1) is 0 Å². The minimum absolute atomic E-state index is 0.160. The van der Waals surface area contributed by atoms with E-state index in [0.29, 0.717) is 5.75 Å². The van der Waals surface area contributed by atoms with Crippen molar-refractivity contribution in [3.05, 3.63) is 64.4 Å². The van der Waals surface area contributed by atoms with Gasteiger partial charge in [0.05, 0.1) is 0 Å². The van der Waals surface area contributed by atoms with Crippen LogP contribution in [0.1, 0.15) is 38.2 Å². The number of ether oxygens (including phenoxy) is 1. The number of rotatable bonds is 8. The molecule has 1 N–H and O–H groups in total. The van der Waals surface area contributed by atoms with Gasteiger partial charge in [-0.25, -0.2) is 4.39 Å². The zero-order valence-electron chi connectivity index (χ0n) is 16.9. The lowest BCUT2D eigenvalue weighted by Crippen LogP contribution is -2.50. The number of nitrogens with zero attached hydrogens (tertiary/aromatic N) is 1. The molecule has 160 valence electrons. The highest BCUT2D eigenvalue weighted by Gasteiger charge is 2.28. The third kappa shape index (κ3) is 6.29. The van der Waals surface area contributed by atoms with Gasteiger partial charge in [0.25, 0.3) is 5.91 Å².